The Morgan fingerprint density at radius 3 is 3.06 bits per heavy atom. The highest BCUT2D eigenvalue weighted by atomic mass is 32.1. The van der Waals surface area contributed by atoms with Crippen LogP contribution >= 0.6 is 11.3 Å². The molecule has 0 aliphatic heterocycles. The maximum Gasteiger partial charge on any atom is 0.0640 e. The van der Waals surface area contributed by atoms with Gasteiger partial charge in [0.2, 0.25) is 0 Å². The fourth-order valence-electron chi connectivity index (χ4n) is 1.65. The minimum Gasteiger partial charge on any atom is -0.309 e. The maximum absolute atomic E-state index is 4.24. The topological polar surface area (TPSA) is 40.7 Å². The number of aryl methyl sites for hydroxylation is 1. The molecule has 0 aliphatic rings. The third kappa shape index (κ3) is 3.18. The molecule has 2 rings (SSSR count). The molecule has 16 heavy (non-hydrogen) atoms. The molecular formula is C12H17N3S. The van der Waals surface area contributed by atoms with Crippen LogP contribution in [0.4, 0.5) is 0 Å². The molecule has 0 fully saturated rings. The summed E-state index contributed by atoms with van der Waals surface area (Å²) in [5, 5.41) is 12.8. The van der Waals surface area contributed by atoms with Crippen LogP contribution in [0.15, 0.2) is 23.6 Å². The van der Waals surface area contributed by atoms with Crippen molar-refractivity contribution >= 4 is 11.3 Å². The van der Waals surface area contributed by atoms with E-state index < -0.39 is 0 Å². The lowest BCUT2D eigenvalue weighted by atomic mass is 10.2. The fourth-order valence-corrected chi connectivity index (χ4v) is 2.31. The van der Waals surface area contributed by atoms with Gasteiger partial charge in [-0.2, -0.15) is 5.10 Å². The zero-order valence-electron chi connectivity index (χ0n) is 9.66. The minimum absolute atomic E-state index is 0.449. The van der Waals surface area contributed by atoms with Crippen molar-refractivity contribution in [1.29, 1.82) is 0 Å². The number of aromatic amines is 1. The van der Waals surface area contributed by atoms with Gasteiger partial charge in [-0.05, 0) is 31.4 Å². The Hall–Kier alpha value is -1.13. The van der Waals surface area contributed by atoms with Gasteiger partial charge in [-0.1, -0.05) is 6.07 Å². The number of H-pyrrole nitrogens is 1. The first kappa shape index (κ1) is 11.4. The predicted molar refractivity (Wildman–Crippen MR) is 67.6 cm³/mol. The number of hydrogen-bond donors (Lipinski definition) is 2. The van der Waals surface area contributed by atoms with Gasteiger partial charge in [0.25, 0.3) is 0 Å². The van der Waals surface area contributed by atoms with E-state index >= 15 is 0 Å². The quantitative estimate of drug-likeness (QED) is 0.836. The van der Waals surface area contributed by atoms with E-state index in [0.717, 1.165) is 24.4 Å². The molecule has 1 atom stereocenters. The highest BCUT2D eigenvalue weighted by molar-refractivity contribution is 7.09. The maximum atomic E-state index is 4.24. The average molecular weight is 235 g/mol. The Kier molecular flexibility index (Phi) is 3.74. The fraction of sp³-hybridized carbons (Fsp3) is 0.417. The Morgan fingerprint density at radius 2 is 2.44 bits per heavy atom. The lowest BCUT2D eigenvalue weighted by Gasteiger charge is -2.11. The molecule has 2 aromatic rings. The highest BCUT2D eigenvalue weighted by Crippen LogP contribution is 2.08. The smallest absolute Gasteiger partial charge is 0.0640 e. The molecule has 0 aromatic carbocycles. The van der Waals surface area contributed by atoms with Gasteiger partial charge in [0.05, 0.1) is 5.69 Å². The van der Waals surface area contributed by atoms with Crippen molar-refractivity contribution in [2.75, 3.05) is 0 Å². The summed E-state index contributed by atoms with van der Waals surface area (Å²) < 4.78 is 0. The van der Waals surface area contributed by atoms with Crippen LogP contribution in [0, 0.1) is 6.92 Å². The normalized spacial score (nSPS) is 12.9. The van der Waals surface area contributed by atoms with Gasteiger partial charge in [0, 0.05) is 29.6 Å². The Balaban J connectivity index is 1.78. The molecule has 0 saturated heterocycles. The highest BCUT2D eigenvalue weighted by Gasteiger charge is 2.05. The second-order valence-electron chi connectivity index (χ2n) is 4.11. The van der Waals surface area contributed by atoms with Gasteiger partial charge < -0.3 is 5.32 Å². The molecule has 86 valence electrons. The van der Waals surface area contributed by atoms with Crippen molar-refractivity contribution in [3.05, 3.63) is 39.8 Å². The van der Waals surface area contributed by atoms with Crippen molar-refractivity contribution in [3.8, 4) is 0 Å². The van der Waals surface area contributed by atoms with Crippen molar-refractivity contribution in [2.45, 2.75) is 32.9 Å². The zero-order valence-corrected chi connectivity index (χ0v) is 10.5. The van der Waals surface area contributed by atoms with Crippen LogP contribution in [-0.2, 0) is 13.0 Å². The van der Waals surface area contributed by atoms with Crippen LogP contribution in [-0.4, -0.2) is 16.2 Å². The first-order chi connectivity index (χ1) is 7.74. The van der Waals surface area contributed by atoms with Crippen LogP contribution in [0.2, 0.25) is 0 Å². The van der Waals surface area contributed by atoms with Crippen molar-refractivity contribution in [3.63, 3.8) is 0 Å². The summed E-state index contributed by atoms with van der Waals surface area (Å²) in [6.07, 6.45) is 0.968. The van der Waals surface area contributed by atoms with Gasteiger partial charge in [0.1, 0.15) is 0 Å². The summed E-state index contributed by atoms with van der Waals surface area (Å²) in [6.45, 7) is 5.17. The molecule has 2 N–H and O–H groups in total. The molecule has 2 heterocycles. The minimum atomic E-state index is 0.449. The van der Waals surface area contributed by atoms with E-state index in [1.54, 1.807) is 11.3 Å². The van der Waals surface area contributed by atoms with Crippen LogP contribution in [0.5, 0.6) is 0 Å². The Bertz CT molecular complexity index is 419. The first-order valence-electron chi connectivity index (χ1n) is 5.50. The number of thiophene rings is 1. The summed E-state index contributed by atoms with van der Waals surface area (Å²) in [6, 6.07) is 6.79. The Morgan fingerprint density at radius 1 is 1.56 bits per heavy atom. The molecule has 0 radical (unpaired) electrons. The van der Waals surface area contributed by atoms with E-state index in [0.29, 0.717) is 6.04 Å². The number of nitrogens with zero attached hydrogens (tertiary/aromatic N) is 1. The molecule has 0 spiro atoms. The van der Waals surface area contributed by atoms with Crippen LogP contribution in [0.25, 0.3) is 0 Å². The molecule has 2 aromatic heterocycles. The van der Waals surface area contributed by atoms with Crippen molar-refractivity contribution in [1.82, 2.24) is 15.5 Å². The summed E-state index contributed by atoms with van der Waals surface area (Å²) in [5.74, 6) is 0. The first-order valence-corrected chi connectivity index (χ1v) is 6.38. The van der Waals surface area contributed by atoms with E-state index in [1.165, 1.54) is 4.88 Å². The second kappa shape index (κ2) is 5.27. The number of aromatic nitrogens is 2. The molecular weight excluding hydrogens is 218 g/mol. The standard InChI is InChI=1S/C12H17N3S/c1-9(6-11-7-10(2)14-15-11)13-8-12-4-3-5-16-12/h3-5,7,9,13H,6,8H2,1-2H3,(H,14,15). The van der Waals surface area contributed by atoms with Crippen LogP contribution in [0.1, 0.15) is 23.2 Å². The van der Waals surface area contributed by atoms with Gasteiger partial charge in [0.15, 0.2) is 0 Å². The average Bonchev–Trinajstić information content (AvgIpc) is 2.87. The molecule has 4 heteroatoms. The van der Waals surface area contributed by atoms with Gasteiger partial charge in [-0.25, -0.2) is 0 Å². The van der Waals surface area contributed by atoms with Gasteiger partial charge in [-0.15, -0.1) is 11.3 Å². The summed E-state index contributed by atoms with van der Waals surface area (Å²) in [7, 11) is 0. The van der Waals surface area contributed by atoms with E-state index in [1.807, 2.05) is 6.92 Å². The van der Waals surface area contributed by atoms with Crippen molar-refractivity contribution < 1.29 is 0 Å². The third-order valence-electron chi connectivity index (χ3n) is 2.48. The van der Waals surface area contributed by atoms with Gasteiger partial charge in [-0.3, -0.25) is 5.10 Å². The lowest BCUT2D eigenvalue weighted by Crippen LogP contribution is -2.27. The number of rotatable bonds is 5. The lowest BCUT2D eigenvalue weighted by molar-refractivity contribution is 0.543. The van der Waals surface area contributed by atoms with E-state index in [9.17, 15) is 0 Å². The second-order valence-corrected chi connectivity index (χ2v) is 5.14. The van der Waals surface area contributed by atoms with Gasteiger partial charge >= 0.3 is 0 Å². The predicted octanol–water partition coefficient (Wildman–Crippen LogP) is 2.50. The monoisotopic (exact) mass is 235 g/mol. The molecule has 3 nitrogen and oxygen atoms in total. The van der Waals surface area contributed by atoms with Crippen molar-refractivity contribution in [2.24, 2.45) is 0 Å². The SMILES string of the molecule is Cc1cc(CC(C)NCc2cccs2)n[nH]1. The van der Waals surface area contributed by atoms with Crippen LogP contribution in [0.3, 0.4) is 0 Å². The number of nitrogens with one attached hydrogen (secondary N) is 2. The molecule has 0 bridgehead atoms. The van der Waals surface area contributed by atoms with E-state index in [2.05, 4.69) is 46.0 Å². The Labute approximate surface area is 99.9 Å². The third-order valence-corrected chi connectivity index (χ3v) is 3.36. The molecule has 0 amide bonds. The molecule has 0 saturated carbocycles. The zero-order chi connectivity index (χ0) is 11.4. The summed E-state index contributed by atoms with van der Waals surface area (Å²) >= 11 is 1.79. The van der Waals surface area contributed by atoms with Crippen LogP contribution < -0.4 is 5.32 Å². The van der Waals surface area contributed by atoms with E-state index in [4.69, 9.17) is 0 Å². The largest absolute Gasteiger partial charge is 0.309 e. The molecule has 1 unspecified atom stereocenters. The summed E-state index contributed by atoms with van der Waals surface area (Å²) in [4.78, 5) is 1.38. The number of hydrogen-bond acceptors (Lipinski definition) is 3. The molecule has 0 aliphatic carbocycles. The summed E-state index contributed by atoms with van der Waals surface area (Å²) in [5.41, 5.74) is 2.25. The van der Waals surface area contributed by atoms with E-state index in [-0.39, 0.29) is 0 Å².